The Hall–Kier alpha value is -1.04. The maximum Gasteiger partial charge on any atom is 0.178 e. The summed E-state index contributed by atoms with van der Waals surface area (Å²) in [6, 6.07) is 0. The van der Waals surface area contributed by atoms with E-state index in [-0.39, 0.29) is 41.7 Å². The number of rotatable bonds is 2. The highest BCUT2D eigenvalue weighted by Gasteiger charge is 2.71. The molecule has 2 N–H and O–H groups in total. The molecular weight excluding hydrogens is 383 g/mol. The van der Waals surface area contributed by atoms with Crippen molar-refractivity contribution in [3.8, 4) is 0 Å². The molecule has 4 aliphatic rings. The molecule has 6 heteroatoms. The van der Waals surface area contributed by atoms with E-state index in [4.69, 9.17) is 11.6 Å². The Kier molecular flexibility index (Phi) is 4.50. The van der Waals surface area contributed by atoms with Gasteiger partial charge >= 0.3 is 0 Å². The van der Waals surface area contributed by atoms with Crippen LogP contribution in [0.3, 0.4) is 0 Å². The zero-order valence-corrected chi connectivity index (χ0v) is 17.2. The van der Waals surface area contributed by atoms with Crippen molar-refractivity contribution in [2.75, 3.05) is 6.61 Å². The summed E-state index contributed by atoms with van der Waals surface area (Å²) in [7, 11) is 0. The van der Waals surface area contributed by atoms with Gasteiger partial charge in [-0.15, -0.1) is 11.6 Å². The first-order chi connectivity index (χ1) is 13.0. The van der Waals surface area contributed by atoms with E-state index in [2.05, 4.69) is 0 Å². The van der Waals surface area contributed by atoms with Gasteiger partial charge in [0.15, 0.2) is 11.6 Å². The number of hydrogen-bond donors (Lipinski definition) is 2. The Morgan fingerprint density at radius 2 is 2.00 bits per heavy atom. The van der Waals surface area contributed by atoms with Gasteiger partial charge in [0.25, 0.3) is 0 Å². The van der Waals surface area contributed by atoms with Crippen LogP contribution in [0, 0.1) is 34.5 Å². The van der Waals surface area contributed by atoms with Crippen LogP contribution >= 0.6 is 11.6 Å². The molecule has 0 amide bonds. The Balaban J connectivity index is 1.84. The van der Waals surface area contributed by atoms with Crippen LogP contribution in [0.2, 0.25) is 0 Å². The molecule has 0 bridgehead atoms. The van der Waals surface area contributed by atoms with E-state index >= 15 is 4.39 Å². The number of allylic oxidation sites excluding steroid dienone is 4. The molecule has 3 fully saturated rings. The van der Waals surface area contributed by atoms with Crippen LogP contribution in [0.1, 0.15) is 40.0 Å². The maximum atomic E-state index is 15.3. The standard InChI is InChI=1S/C22H28ClFO4/c1-11-6-13-14-8-16(24)15-7-12(26)4-5-21(15,3)22(14,23)18(28)9-20(13,2)19(11)17(27)10-25/h4-5,7,11,13-14,16,18-19,25,28H,6,8-10H2,1-3H3/t11-,13-,14-,16+,18+,19-,20+,21+,22+/m1/s1. The number of ketones is 2. The number of aliphatic hydroxyl groups is 2. The number of aliphatic hydroxyl groups excluding tert-OH is 2. The van der Waals surface area contributed by atoms with Crippen molar-refractivity contribution in [2.45, 2.75) is 57.2 Å². The Morgan fingerprint density at radius 1 is 1.32 bits per heavy atom. The molecule has 4 nitrogen and oxygen atoms in total. The lowest BCUT2D eigenvalue weighted by Gasteiger charge is -2.63. The van der Waals surface area contributed by atoms with E-state index in [1.807, 2.05) is 20.8 Å². The molecule has 0 aromatic heterocycles. The highest BCUT2D eigenvalue weighted by Crippen LogP contribution is 2.70. The summed E-state index contributed by atoms with van der Waals surface area (Å²) in [4.78, 5) is 23.3. The van der Waals surface area contributed by atoms with Crippen LogP contribution in [-0.4, -0.2) is 45.5 Å². The lowest BCUT2D eigenvalue weighted by Crippen LogP contribution is -2.67. The molecule has 0 aliphatic heterocycles. The molecule has 0 unspecified atom stereocenters. The number of alkyl halides is 2. The molecule has 0 spiro atoms. The van der Waals surface area contributed by atoms with Crippen molar-refractivity contribution in [3.05, 3.63) is 23.8 Å². The molecule has 0 heterocycles. The second-order valence-electron chi connectivity index (χ2n) is 9.76. The van der Waals surface area contributed by atoms with E-state index in [1.54, 1.807) is 6.08 Å². The third-order valence-corrected chi connectivity index (χ3v) is 9.40. The van der Waals surface area contributed by atoms with Crippen LogP contribution < -0.4 is 0 Å². The van der Waals surface area contributed by atoms with Crippen LogP contribution in [0.15, 0.2) is 23.8 Å². The molecule has 0 aromatic carbocycles. The zero-order valence-electron chi connectivity index (χ0n) is 16.5. The Morgan fingerprint density at radius 3 is 2.64 bits per heavy atom. The predicted molar refractivity (Wildman–Crippen MR) is 104 cm³/mol. The summed E-state index contributed by atoms with van der Waals surface area (Å²) in [6.07, 6.45) is 3.31. The van der Waals surface area contributed by atoms with Gasteiger partial charge in [0.05, 0.1) is 11.0 Å². The highest BCUT2D eigenvalue weighted by atomic mass is 35.5. The minimum absolute atomic E-state index is 0.0344. The first-order valence-electron chi connectivity index (χ1n) is 10.1. The smallest absolute Gasteiger partial charge is 0.178 e. The number of halogens is 2. The van der Waals surface area contributed by atoms with E-state index in [0.717, 1.165) is 0 Å². The molecule has 28 heavy (non-hydrogen) atoms. The highest BCUT2D eigenvalue weighted by molar-refractivity contribution is 6.26. The van der Waals surface area contributed by atoms with Gasteiger partial charge in [0.1, 0.15) is 12.8 Å². The van der Waals surface area contributed by atoms with Crippen molar-refractivity contribution in [1.82, 2.24) is 0 Å². The topological polar surface area (TPSA) is 74.6 Å². The number of carbonyl (C=O) groups excluding carboxylic acids is 2. The average molecular weight is 411 g/mol. The number of hydrogen-bond acceptors (Lipinski definition) is 4. The van der Waals surface area contributed by atoms with E-state index in [0.29, 0.717) is 18.4 Å². The van der Waals surface area contributed by atoms with Crippen molar-refractivity contribution >= 4 is 23.2 Å². The van der Waals surface area contributed by atoms with Gasteiger partial charge in [-0.3, -0.25) is 9.59 Å². The van der Waals surface area contributed by atoms with Crippen LogP contribution in [0.4, 0.5) is 4.39 Å². The van der Waals surface area contributed by atoms with Gasteiger partial charge in [-0.2, -0.15) is 0 Å². The van der Waals surface area contributed by atoms with Crippen molar-refractivity contribution in [3.63, 3.8) is 0 Å². The molecule has 0 aromatic rings. The van der Waals surface area contributed by atoms with Crippen LogP contribution in [-0.2, 0) is 9.59 Å². The maximum absolute atomic E-state index is 15.3. The van der Waals surface area contributed by atoms with Gasteiger partial charge in [-0.05, 0) is 60.2 Å². The molecule has 9 atom stereocenters. The summed E-state index contributed by atoms with van der Waals surface area (Å²) in [5.41, 5.74) is -1.15. The van der Waals surface area contributed by atoms with Crippen LogP contribution in [0.5, 0.6) is 0 Å². The Bertz CT molecular complexity index is 793. The molecule has 4 rings (SSSR count). The lowest BCUT2D eigenvalue weighted by molar-refractivity contribution is -0.140. The summed E-state index contributed by atoms with van der Waals surface area (Å²) in [5, 5.41) is 20.8. The summed E-state index contributed by atoms with van der Waals surface area (Å²) in [5.74, 6) is -1.18. The Labute approximate surface area is 169 Å². The molecule has 4 aliphatic carbocycles. The van der Waals surface area contributed by atoms with Crippen molar-refractivity contribution < 1.29 is 24.2 Å². The summed E-state index contributed by atoms with van der Waals surface area (Å²) >= 11 is 7.24. The molecule has 3 saturated carbocycles. The average Bonchev–Trinajstić information content (AvgIpc) is 2.89. The monoisotopic (exact) mass is 410 g/mol. The lowest BCUT2D eigenvalue weighted by atomic mass is 9.46. The predicted octanol–water partition coefficient (Wildman–Crippen LogP) is 3.00. The van der Waals surface area contributed by atoms with Gasteiger partial charge in [0, 0.05) is 11.3 Å². The fourth-order valence-electron chi connectivity index (χ4n) is 7.36. The molecule has 154 valence electrons. The van der Waals surface area contributed by atoms with E-state index < -0.39 is 34.6 Å². The first-order valence-corrected chi connectivity index (χ1v) is 10.5. The van der Waals surface area contributed by atoms with Crippen molar-refractivity contribution in [2.24, 2.45) is 34.5 Å². The third kappa shape index (κ3) is 2.30. The fraction of sp³-hybridized carbons (Fsp3) is 0.727. The molecule has 0 radical (unpaired) electrons. The second kappa shape index (κ2) is 6.23. The van der Waals surface area contributed by atoms with E-state index in [9.17, 15) is 19.8 Å². The van der Waals surface area contributed by atoms with Crippen LogP contribution in [0.25, 0.3) is 0 Å². The summed E-state index contributed by atoms with van der Waals surface area (Å²) < 4.78 is 15.3. The zero-order chi connectivity index (χ0) is 20.6. The largest absolute Gasteiger partial charge is 0.391 e. The fourth-order valence-corrected chi connectivity index (χ4v) is 7.85. The molecular formula is C22H28ClFO4. The van der Waals surface area contributed by atoms with Crippen molar-refractivity contribution in [1.29, 1.82) is 0 Å². The van der Waals surface area contributed by atoms with E-state index in [1.165, 1.54) is 12.2 Å². The number of carbonyl (C=O) groups is 2. The first kappa shape index (κ1) is 20.2. The molecule has 0 saturated heterocycles. The second-order valence-corrected chi connectivity index (χ2v) is 10.4. The number of fused-ring (bicyclic) bond motifs is 5. The quantitative estimate of drug-likeness (QED) is 0.686. The minimum atomic E-state index is -1.31. The third-order valence-electron chi connectivity index (χ3n) is 8.47. The van der Waals surface area contributed by atoms with Gasteiger partial charge in [-0.1, -0.05) is 26.8 Å². The normalized spacial score (nSPS) is 52.5. The van der Waals surface area contributed by atoms with Gasteiger partial charge in [-0.25, -0.2) is 4.39 Å². The van der Waals surface area contributed by atoms with Gasteiger partial charge in [0.2, 0.25) is 0 Å². The van der Waals surface area contributed by atoms with Gasteiger partial charge < -0.3 is 10.2 Å². The summed E-state index contributed by atoms with van der Waals surface area (Å²) in [6.45, 7) is 5.27. The minimum Gasteiger partial charge on any atom is -0.391 e. The SMILES string of the molecule is C[C@@H]1C[C@@H]2[C@H]3C[C@H](F)C4=CC(=O)C=C[C@]4(C)[C@@]3(Cl)[C@@H](O)C[C@]2(C)[C@H]1C(=O)CO. The number of Topliss-reactive ketones (excluding diaryl/α,β-unsaturated/α-hetero) is 1.